The van der Waals surface area contributed by atoms with E-state index >= 15 is 0 Å². The highest BCUT2D eigenvalue weighted by Gasteiger charge is 2.15. The predicted molar refractivity (Wildman–Crippen MR) is 131 cm³/mol. The number of hydrogen-bond donors (Lipinski definition) is 3. The summed E-state index contributed by atoms with van der Waals surface area (Å²) in [6.07, 6.45) is 2.98. The number of anilines is 2. The predicted octanol–water partition coefficient (Wildman–Crippen LogP) is 5.07. The lowest BCUT2D eigenvalue weighted by Gasteiger charge is -2.14. The molecule has 0 bridgehead atoms. The zero-order valence-electron chi connectivity index (χ0n) is 17.1. The Morgan fingerprint density at radius 2 is 1.73 bits per heavy atom. The smallest absolute Gasteiger partial charge is 0.270 e. The molecule has 0 aliphatic heterocycles. The Bertz CT molecular complexity index is 1500. The lowest BCUT2D eigenvalue weighted by Crippen LogP contribution is -2.30. The standard InChI is InChI=1S/C24H17BrN6O2/c25-18-10-11-19(21-17(18)9-4-12-27-21)33-24-20(26)22(28-13-29-24)30-31-23(32)16-8-3-6-14-5-1-2-7-15(14)16/h1-13H,26H2,(H,31,32)(H,28,29,30). The summed E-state index contributed by atoms with van der Waals surface area (Å²) >= 11 is 3.51. The van der Waals surface area contributed by atoms with Gasteiger partial charge >= 0.3 is 0 Å². The highest BCUT2D eigenvalue weighted by Crippen LogP contribution is 2.35. The fourth-order valence-electron chi connectivity index (χ4n) is 3.47. The van der Waals surface area contributed by atoms with Gasteiger partial charge in [0.15, 0.2) is 11.6 Å². The molecule has 8 nitrogen and oxygen atoms in total. The molecule has 4 N–H and O–H groups in total. The number of nitrogens with zero attached hydrogens (tertiary/aromatic N) is 3. The third kappa shape index (κ3) is 4.01. The first-order valence-corrected chi connectivity index (χ1v) is 10.8. The maximum absolute atomic E-state index is 12.8. The van der Waals surface area contributed by atoms with Crippen molar-refractivity contribution >= 4 is 55.0 Å². The summed E-state index contributed by atoms with van der Waals surface area (Å²) in [6.45, 7) is 0. The molecule has 2 aromatic heterocycles. The number of nitrogens with two attached hydrogens (primary N) is 1. The van der Waals surface area contributed by atoms with E-state index in [4.69, 9.17) is 10.5 Å². The third-order valence-corrected chi connectivity index (χ3v) is 5.75. The number of nitrogen functional groups attached to an aromatic ring is 1. The Hall–Kier alpha value is -4.24. The summed E-state index contributed by atoms with van der Waals surface area (Å²) in [5.41, 5.74) is 13.0. The molecule has 33 heavy (non-hydrogen) atoms. The van der Waals surface area contributed by atoms with E-state index < -0.39 is 0 Å². The number of hydrogen-bond acceptors (Lipinski definition) is 7. The molecule has 0 fully saturated rings. The Morgan fingerprint density at radius 1 is 0.909 bits per heavy atom. The molecule has 2 heterocycles. The number of nitrogens with one attached hydrogen (secondary N) is 2. The second-order valence-corrected chi connectivity index (χ2v) is 7.95. The zero-order valence-corrected chi connectivity index (χ0v) is 18.7. The largest absolute Gasteiger partial charge is 0.435 e. The van der Waals surface area contributed by atoms with Crippen LogP contribution in [0.4, 0.5) is 11.5 Å². The SMILES string of the molecule is Nc1c(NNC(=O)c2cccc3ccccc23)ncnc1Oc1ccc(Br)c2cccnc12. The van der Waals surface area contributed by atoms with Crippen LogP contribution in [-0.2, 0) is 0 Å². The zero-order chi connectivity index (χ0) is 22.8. The topological polar surface area (TPSA) is 115 Å². The average Bonchev–Trinajstić information content (AvgIpc) is 2.85. The van der Waals surface area contributed by atoms with E-state index in [-0.39, 0.29) is 23.3 Å². The Balaban J connectivity index is 1.38. The maximum atomic E-state index is 12.8. The van der Waals surface area contributed by atoms with Gasteiger partial charge in [-0.05, 0) is 35.0 Å². The lowest BCUT2D eigenvalue weighted by molar-refractivity contribution is 0.0964. The van der Waals surface area contributed by atoms with Crippen LogP contribution in [0.3, 0.4) is 0 Å². The number of ether oxygens (including phenoxy) is 1. The molecule has 3 aromatic carbocycles. The van der Waals surface area contributed by atoms with Crippen molar-refractivity contribution < 1.29 is 9.53 Å². The molecule has 0 unspecified atom stereocenters. The van der Waals surface area contributed by atoms with E-state index in [2.05, 4.69) is 41.7 Å². The summed E-state index contributed by atoms with van der Waals surface area (Å²) in [4.78, 5) is 25.5. The van der Waals surface area contributed by atoms with Crippen molar-refractivity contribution in [2.45, 2.75) is 0 Å². The molecule has 0 saturated heterocycles. The summed E-state index contributed by atoms with van der Waals surface area (Å²) in [6, 6.07) is 20.6. The minimum absolute atomic E-state index is 0.140. The van der Waals surface area contributed by atoms with Crippen LogP contribution in [0, 0.1) is 0 Å². The van der Waals surface area contributed by atoms with Gasteiger partial charge in [0.1, 0.15) is 17.5 Å². The van der Waals surface area contributed by atoms with Crippen molar-refractivity contribution in [1.82, 2.24) is 20.4 Å². The molecule has 5 rings (SSSR count). The maximum Gasteiger partial charge on any atom is 0.270 e. The molecular formula is C24H17BrN6O2. The van der Waals surface area contributed by atoms with Crippen molar-refractivity contribution in [3.63, 3.8) is 0 Å². The van der Waals surface area contributed by atoms with Crippen LogP contribution in [0.25, 0.3) is 21.7 Å². The monoisotopic (exact) mass is 500 g/mol. The summed E-state index contributed by atoms with van der Waals surface area (Å²) in [5, 5.41) is 2.70. The van der Waals surface area contributed by atoms with Crippen LogP contribution in [0.5, 0.6) is 11.6 Å². The highest BCUT2D eigenvalue weighted by atomic mass is 79.9. The first-order chi connectivity index (χ1) is 16.1. The van der Waals surface area contributed by atoms with E-state index in [1.807, 2.05) is 54.6 Å². The Kier molecular flexibility index (Phi) is 5.45. The van der Waals surface area contributed by atoms with Crippen molar-refractivity contribution in [3.05, 3.63) is 89.3 Å². The van der Waals surface area contributed by atoms with Crippen LogP contribution in [0.2, 0.25) is 0 Å². The van der Waals surface area contributed by atoms with Crippen molar-refractivity contribution in [3.8, 4) is 11.6 Å². The lowest BCUT2D eigenvalue weighted by atomic mass is 10.0. The van der Waals surface area contributed by atoms with Gasteiger partial charge in [0, 0.05) is 21.6 Å². The molecule has 0 aliphatic carbocycles. The molecule has 0 spiro atoms. The number of aromatic nitrogens is 3. The van der Waals surface area contributed by atoms with E-state index in [9.17, 15) is 4.79 Å². The second kappa shape index (κ2) is 8.71. The molecule has 0 atom stereocenters. The summed E-state index contributed by atoms with van der Waals surface area (Å²) in [7, 11) is 0. The third-order valence-electron chi connectivity index (χ3n) is 5.06. The van der Waals surface area contributed by atoms with Crippen LogP contribution in [-0.4, -0.2) is 20.9 Å². The fourth-order valence-corrected chi connectivity index (χ4v) is 3.92. The minimum Gasteiger partial charge on any atom is -0.435 e. The van der Waals surface area contributed by atoms with Gasteiger partial charge in [0.25, 0.3) is 5.91 Å². The molecule has 9 heteroatoms. The number of carbonyl (C=O) groups excluding carboxylic acids is 1. The van der Waals surface area contributed by atoms with Crippen LogP contribution in [0.1, 0.15) is 10.4 Å². The fraction of sp³-hybridized carbons (Fsp3) is 0. The summed E-state index contributed by atoms with van der Waals surface area (Å²) < 4.78 is 6.85. The number of hydrazine groups is 1. The highest BCUT2D eigenvalue weighted by molar-refractivity contribution is 9.10. The molecule has 0 aliphatic rings. The molecule has 0 saturated carbocycles. The van der Waals surface area contributed by atoms with Crippen molar-refractivity contribution in [1.29, 1.82) is 0 Å². The van der Waals surface area contributed by atoms with Crippen LogP contribution in [0.15, 0.2) is 83.7 Å². The normalized spacial score (nSPS) is 10.8. The van der Waals surface area contributed by atoms with Gasteiger partial charge < -0.3 is 10.5 Å². The first kappa shape index (κ1) is 20.7. The van der Waals surface area contributed by atoms with E-state index in [0.717, 1.165) is 20.6 Å². The first-order valence-electron chi connectivity index (χ1n) is 9.97. The quantitative estimate of drug-likeness (QED) is 0.288. The van der Waals surface area contributed by atoms with Gasteiger partial charge in [0.05, 0.1) is 0 Å². The van der Waals surface area contributed by atoms with Crippen molar-refractivity contribution in [2.24, 2.45) is 0 Å². The van der Waals surface area contributed by atoms with E-state index in [0.29, 0.717) is 16.8 Å². The van der Waals surface area contributed by atoms with E-state index in [1.54, 1.807) is 18.3 Å². The number of benzene rings is 3. The number of rotatable bonds is 5. The molecule has 0 radical (unpaired) electrons. The van der Waals surface area contributed by atoms with E-state index in [1.165, 1.54) is 6.33 Å². The molecular weight excluding hydrogens is 484 g/mol. The van der Waals surface area contributed by atoms with Crippen LogP contribution >= 0.6 is 15.9 Å². The average molecular weight is 501 g/mol. The minimum atomic E-state index is -0.324. The van der Waals surface area contributed by atoms with Crippen LogP contribution < -0.4 is 21.3 Å². The van der Waals surface area contributed by atoms with Gasteiger partial charge in [-0.1, -0.05) is 58.4 Å². The summed E-state index contributed by atoms with van der Waals surface area (Å²) in [5.74, 6) is 0.518. The van der Waals surface area contributed by atoms with Crippen molar-refractivity contribution in [2.75, 3.05) is 11.2 Å². The van der Waals surface area contributed by atoms with Gasteiger partial charge in [-0.15, -0.1) is 0 Å². The Labute approximate surface area is 196 Å². The molecule has 5 aromatic rings. The number of pyridine rings is 1. The Morgan fingerprint density at radius 3 is 2.64 bits per heavy atom. The van der Waals surface area contributed by atoms with Gasteiger partial charge in [-0.2, -0.15) is 4.98 Å². The molecule has 1 amide bonds. The van der Waals surface area contributed by atoms with Gasteiger partial charge in [-0.3, -0.25) is 20.6 Å². The number of carbonyl (C=O) groups is 1. The van der Waals surface area contributed by atoms with Gasteiger partial charge in [0.2, 0.25) is 5.88 Å². The molecule has 162 valence electrons. The number of halogens is 1. The van der Waals surface area contributed by atoms with Gasteiger partial charge in [-0.25, -0.2) is 4.98 Å². The second-order valence-electron chi connectivity index (χ2n) is 7.09. The number of fused-ring (bicyclic) bond motifs is 2. The number of amides is 1.